The van der Waals surface area contributed by atoms with E-state index < -0.39 is 0 Å². The number of halogens is 1. The van der Waals surface area contributed by atoms with Gasteiger partial charge in [-0.25, -0.2) is 4.98 Å². The second-order valence-corrected chi connectivity index (χ2v) is 6.75. The first-order valence-electron chi connectivity index (χ1n) is 7.99. The second-order valence-electron chi connectivity index (χ2n) is 5.90. The summed E-state index contributed by atoms with van der Waals surface area (Å²) < 4.78 is 6.36. The fourth-order valence-electron chi connectivity index (χ4n) is 2.62. The monoisotopic (exact) mass is 389 g/mol. The normalized spacial score (nSPS) is 15.1. The average Bonchev–Trinajstić information content (AvgIpc) is 2.61. The number of nitrogens with zero attached hydrogens (tertiary/aromatic N) is 1. The summed E-state index contributed by atoms with van der Waals surface area (Å²) in [5.41, 5.74) is 3.03. The lowest BCUT2D eigenvalue weighted by Gasteiger charge is -2.20. The number of benzene rings is 1. The molecule has 0 atom stereocenters. The molecule has 0 aliphatic carbocycles. The molecule has 1 aromatic heterocycles. The Balaban J connectivity index is 1.60. The molecule has 0 unspecified atom stereocenters. The highest BCUT2D eigenvalue weighted by atomic mass is 79.9. The molecule has 3 rings (SSSR count). The van der Waals surface area contributed by atoms with Crippen LogP contribution in [0.25, 0.3) is 0 Å². The molecule has 0 radical (unpaired) electrons. The van der Waals surface area contributed by atoms with E-state index in [1.165, 1.54) is 0 Å². The summed E-state index contributed by atoms with van der Waals surface area (Å²) in [6.45, 7) is 3.35. The Labute approximate surface area is 149 Å². The van der Waals surface area contributed by atoms with Crippen LogP contribution < -0.4 is 10.6 Å². The van der Waals surface area contributed by atoms with E-state index in [-0.39, 0.29) is 11.8 Å². The van der Waals surface area contributed by atoms with Crippen LogP contribution in [-0.2, 0) is 9.53 Å². The zero-order chi connectivity index (χ0) is 16.9. The van der Waals surface area contributed by atoms with Crippen LogP contribution in [-0.4, -0.2) is 24.1 Å². The van der Waals surface area contributed by atoms with Crippen LogP contribution >= 0.6 is 15.9 Å². The van der Waals surface area contributed by atoms with Crippen molar-refractivity contribution >= 4 is 39.0 Å². The molecule has 0 spiro atoms. The van der Waals surface area contributed by atoms with E-state index in [0.717, 1.165) is 34.3 Å². The second kappa shape index (κ2) is 7.77. The molecular formula is C18H20BrN3O2. The zero-order valence-corrected chi connectivity index (χ0v) is 15.1. The van der Waals surface area contributed by atoms with Crippen molar-refractivity contribution in [2.24, 2.45) is 5.92 Å². The van der Waals surface area contributed by atoms with E-state index >= 15 is 0 Å². The van der Waals surface area contributed by atoms with Gasteiger partial charge in [-0.2, -0.15) is 0 Å². The van der Waals surface area contributed by atoms with Gasteiger partial charge in [0.1, 0.15) is 5.82 Å². The van der Waals surface area contributed by atoms with E-state index in [1.807, 2.05) is 31.2 Å². The maximum Gasteiger partial charge on any atom is 0.228 e. The topological polar surface area (TPSA) is 63.2 Å². The van der Waals surface area contributed by atoms with Crippen molar-refractivity contribution in [1.82, 2.24) is 4.98 Å². The number of ether oxygens (including phenoxy) is 1. The molecule has 1 aliphatic rings. The van der Waals surface area contributed by atoms with Gasteiger partial charge in [0.05, 0.1) is 11.9 Å². The Morgan fingerprint density at radius 1 is 1.21 bits per heavy atom. The largest absolute Gasteiger partial charge is 0.381 e. The van der Waals surface area contributed by atoms with Crippen molar-refractivity contribution in [3.63, 3.8) is 0 Å². The molecule has 5 nitrogen and oxygen atoms in total. The predicted molar refractivity (Wildman–Crippen MR) is 98.6 cm³/mol. The van der Waals surface area contributed by atoms with Gasteiger partial charge in [-0.05, 0) is 55.7 Å². The summed E-state index contributed by atoms with van der Waals surface area (Å²) in [5, 5.41) is 6.18. The summed E-state index contributed by atoms with van der Waals surface area (Å²) >= 11 is 3.49. The van der Waals surface area contributed by atoms with Gasteiger partial charge in [-0.1, -0.05) is 15.9 Å². The van der Waals surface area contributed by atoms with Crippen LogP contribution in [0.4, 0.5) is 17.2 Å². The van der Waals surface area contributed by atoms with Crippen LogP contribution in [0, 0.1) is 12.8 Å². The number of amides is 1. The van der Waals surface area contributed by atoms with Crippen LogP contribution in [0.1, 0.15) is 18.4 Å². The van der Waals surface area contributed by atoms with Crippen LogP contribution in [0.5, 0.6) is 0 Å². The molecule has 24 heavy (non-hydrogen) atoms. The summed E-state index contributed by atoms with van der Waals surface area (Å²) in [5.74, 6) is 0.614. The van der Waals surface area contributed by atoms with E-state index in [4.69, 9.17) is 4.74 Å². The summed E-state index contributed by atoms with van der Waals surface area (Å²) in [6, 6.07) is 9.78. The van der Waals surface area contributed by atoms with Crippen LogP contribution in [0.2, 0.25) is 0 Å². The van der Waals surface area contributed by atoms with Gasteiger partial charge < -0.3 is 15.4 Å². The minimum atomic E-state index is 0.0177. The van der Waals surface area contributed by atoms with Gasteiger partial charge in [-0.3, -0.25) is 4.79 Å². The maximum atomic E-state index is 12.2. The smallest absolute Gasteiger partial charge is 0.228 e. The number of aryl methyl sites for hydroxylation is 1. The summed E-state index contributed by atoms with van der Waals surface area (Å²) in [4.78, 5) is 16.5. The zero-order valence-electron chi connectivity index (χ0n) is 13.5. The van der Waals surface area contributed by atoms with Crippen molar-refractivity contribution in [1.29, 1.82) is 0 Å². The standard InChI is InChI=1S/C18H20BrN3O2/c1-12-10-14(2-4-16(12)19)21-15-3-5-17(20-11-15)22-18(23)13-6-8-24-9-7-13/h2-5,10-11,13,21H,6-9H2,1H3,(H,20,22,23). The van der Waals surface area contributed by atoms with Crippen LogP contribution in [0.3, 0.4) is 0 Å². The average molecular weight is 390 g/mol. The molecule has 6 heteroatoms. The van der Waals surface area contributed by atoms with Gasteiger partial charge in [0.25, 0.3) is 0 Å². The van der Waals surface area contributed by atoms with Gasteiger partial charge in [0.2, 0.25) is 5.91 Å². The molecule has 2 N–H and O–H groups in total. The molecule has 1 saturated heterocycles. The van der Waals surface area contributed by atoms with E-state index in [1.54, 1.807) is 6.20 Å². The first kappa shape index (κ1) is 16.9. The van der Waals surface area contributed by atoms with Gasteiger partial charge in [0, 0.05) is 29.3 Å². The molecule has 2 aromatic rings. The highest BCUT2D eigenvalue weighted by Crippen LogP contribution is 2.23. The molecular weight excluding hydrogens is 370 g/mol. The van der Waals surface area contributed by atoms with Gasteiger partial charge >= 0.3 is 0 Å². The molecule has 0 bridgehead atoms. The first-order valence-corrected chi connectivity index (χ1v) is 8.79. The fourth-order valence-corrected chi connectivity index (χ4v) is 2.87. The van der Waals surface area contributed by atoms with Gasteiger partial charge in [0.15, 0.2) is 0 Å². The minimum Gasteiger partial charge on any atom is -0.381 e. The third-order valence-corrected chi connectivity index (χ3v) is 4.94. The van der Waals surface area contributed by atoms with E-state index in [0.29, 0.717) is 19.0 Å². The minimum absolute atomic E-state index is 0.0177. The predicted octanol–water partition coefficient (Wildman–Crippen LogP) is 4.26. The third-order valence-electron chi connectivity index (χ3n) is 4.05. The quantitative estimate of drug-likeness (QED) is 0.819. The first-order chi connectivity index (χ1) is 11.6. The Morgan fingerprint density at radius 3 is 2.62 bits per heavy atom. The van der Waals surface area contributed by atoms with E-state index in [2.05, 4.69) is 37.6 Å². The molecule has 1 amide bonds. The van der Waals surface area contributed by atoms with E-state index in [9.17, 15) is 4.79 Å². The SMILES string of the molecule is Cc1cc(Nc2ccc(NC(=O)C3CCOCC3)nc2)ccc1Br. The Hall–Kier alpha value is -1.92. The summed E-state index contributed by atoms with van der Waals surface area (Å²) in [6.07, 6.45) is 3.26. The highest BCUT2D eigenvalue weighted by molar-refractivity contribution is 9.10. The number of hydrogen-bond donors (Lipinski definition) is 2. The number of nitrogens with one attached hydrogen (secondary N) is 2. The van der Waals surface area contributed by atoms with Crippen molar-refractivity contribution < 1.29 is 9.53 Å². The molecule has 0 saturated carbocycles. The number of aromatic nitrogens is 1. The van der Waals surface area contributed by atoms with Crippen molar-refractivity contribution in [2.45, 2.75) is 19.8 Å². The number of hydrogen-bond acceptors (Lipinski definition) is 4. The number of carbonyl (C=O) groups is 1. The Morgan fingerprint density at radius 2 is 1.96 bits per heavy atom. The molecule has 2 heterocycles. The number of carbonyl (C=O) groups excluding carboxylic acids is 1. The lowest BCUT2D eigenvalue weighted by Crippen LogP contribution is -2.28. The molecule has 1 aliphatic heterocycles. The van der Waals surface area contributed by atoms with Crippen molar-refractivity contribution in [3.05, 3.63) is 46.6 Å². The molecule has 1 aromatic carbocycles. The van der Waals surface area contributed by atoms with Crippen molar-refractivity contribution in [2.75, 3.05) is 23.8 Å². The fraction of sp³-hybridized carbons (Fsp3) is 0.333. The molecule has 126 valence electrons. The van der Waals surface area contributed by atoms with Crippen molar-refractivity contribution in [3.8, 4) is 0 Å². The number of rotatable bonds is 4. The number of pyridine rings is 1. The summed E-state index contributed by atoms with van der Waals surface area (Å²) in [7, 11) is 0. The van der Waals surface area contributed by atoms with Crippen LogP contribution in [0.15, 0.2) is 41.0 Å². The Bertz CT molecular complexity index is 713. The Kier molecular flexibility index (Phi) is 5.48. The molecule has 1 fully saturated rings. The third kappa shape index (κ3) is 4.33. The maximum absolute atomic E-state index is 12.2. The lowest BCUT2D eigenvalue weighted by molar-refractivity contribution is -0.122. The number of anilines is 3. The van der Waals surface area contributed by atoms with Gasteiger partial charge in [-0.15, -0.1) is 0 Å². The highest BCUT2D eigenvalue weighted by Gasteiger charge is 2.21. The lowest BCUT2D eigenvalue weighted by atomic mass is 9.99.